The summed E-state index contributed by atoms with van der Waals surface area (Å²) in [5.74, 6) is 0. The van der Waals surface area contributed by atoms with Crippen molar-refractivity contribution >= 4 is 11.3 Å². The van der Waals surface area contributed by atoms with E-state index in [1.54, 1.807) is 11.3 Å². The largest absolute Gasteiger partial charge is 0.378 e. The minimum Gasteiger partial charge on any atom is -0.378 e. The van der Waals surface area contributed by atoms with Crippen LogP contribution in [0.5, 0.6) is 0 Å². The molecule has 3 heteroatoms. The molecule has 0 aliphatic carbocycles. The highest BCUT2D eigenvalue weighted by molar-refractivity contribution is 7.07. The SMILES string of the molecule is CNC(CCC1CCCCO1)Cc1ccsc1. The van der Waals surface area contributed by atoms with Crippen molar-refractivity contribution in [3.05, 3.63) is 22.4 Å². The average Bonchev–Trinajstić information content (AvgIpc) is 2.88. The van der Waals surface area contributed by atoms with E-state index in [-0.39, 0.29) is 0 Å². The van der Waals surface area contributed by atoms with E-state index in [0.717, 1.165) is 13.0 Å². The molecule has 0 aromatic carbocycles. The van der Waals surface area contributed by atoms with E-state index in [0.29, 0.717) is 12.1 Å². The highest BCUT2D eigenvalue weighted by atomic mass is 32.1. The zero-order valence-electron chi connectivity index (χ0n) is 10.7. The molecule has 2 nitrogen and oxygen atoms in total. The third-order valence-corrected chi connectivity index (χ3v) is 4.31. The van der Waals surface area contributed by atoms with Crippen molar-refractivity contribution in [2.45, 2.75) is 50.7 Å². The van der Waals surface area contributed by atoms with Crippen LogP contribution >= 0.6 is 11.3 Å². The van der Waals surface area contributed by atoms with Crippen LogP contribution in [0.4, 0.5) is 0 Å². The predicted molar refractivity (Wildman–Crippen MR) is 73.7 cm³/mol. The van der Waals surface area contributed by atoms with Crippen LogP contribution in [0, 0.1) is 0 Å². The van der Waals surface area contributed by atoms with Crippen molar-refractivity contribution in [3.63, 3.8) is 0 Å². The van der Waals surface area contributed by atoms with Gasteiger partial charge in [-0.3, -0.25) is 0 Å². The Bertz CT molecular complexity index is 293. The molecule has 1 aliphatic rings. The third kappa shape index (κ3) is 4.41. The van der Waals surface area contributed by atoms with E-state index in [1.807, 2.05) is 0 Å². The summed E-state index contributed by atoms with van der Waals surface area (Å²) in [6.45, 7) is 0.972. The predicted octanol–water partition coefficient (Wildman–Crippen LogP) is 3.23. The van der Waals surface area contributed by atoms with Crippen LogP contribution in [0.25, 0.3) is 0 Å². The first kappa shape index (κ1) is 13.1. The zero-order chi connectivity index (χ0) is 11.9. The summed E-state index contributed by atoms with van der Waals surface area (Å²) in [4.78, 5) is 0. The molecule has 2 heterocycles. The molecule has 1 aromatic heterocycles. The van der Waals surface area contributed by atoms with Gasteiger partial charge in [0, 0.05) is 12.6 Å². The Balaban J connectivity index is 1.71. The lowest BCUT2D eigenvalue weighted by atomic mass is 9.98. The average molecular weight is 253 g/mol. The van der Waals surface area contributed by atoms with Gasteiger partial charge < -0.3 is 10.1 Å². The van der Waals surface area contributed by atoms with E-state index < -0.39 is 0 Å². The van der Waals surface area contributed by atoms with Crippen molar-refractivity contribution in [1.82, 2.24) is 5.32 Å². The van der Waals surface area contributed by atoms with Crippen LogP contribution in [-0.2, 0) is 11.2 Å². The van der Waals surface area contributed by atoms with Gasteiger partial charge in [0.2, 0.25) is 0 Å². The van der Waals surface area contributed by atoms with Gasteiger partial charge in [0.15, 0.2) is 0 Å². The molecule has 0 bridgehead atoms. The Kier molecular flexibility index (Phi) is 5.49. The summed E-state index contributed by atoms with van der Waals surface area (Å²) >= 11 is 1.79. The molecule has 0 amide bonds. The lowest BCUT2D eigenvalue weighted by Gasteiger charge is -2.24. The first-order valence-corrected chi connectivity index (χ1v) is 7.62. The molecule has 1 saturated heterocycles. The van der Waals surface area contributed by atoms with Gasteiger partial charge in [-0.05, 0) is 68.0 Å². The Labute approximate surface area is 108 Å². The maximum absolute atomic E-state index is 5.78. The number of rotatable bonds is 6. The van der Waals surface area contributed by atoms with Crippen LogP contribution in [-0.4, -0.2) is 25.8 Å². The standard InChI is InChI=1S/C14H23NOS/c1-15-13(10-12-7-9-17-11-12)5-6-14-4-2-3-8-16-14/h7,9,11,13-15H,2-6,8,10H2,1H3. The molecule has 0 radical (unpaired) electrons. The maximum atomic E-state index is 5.78. The highest BCUT2D eigenvalue weighted by Crippen LogP contribution is 2.19. The summed E-state index contributed by atoms with van der Waals surface area (Å²) in [5.41, 5.74) is 1.46. The van der Waals surface area contributed by atoms with Crippen LogP contribution in [0.15, 0.2) is 16.8 Å². The van der Waals surface area contributed by atoms with Gasteiger partial charge in [0.05, 0.1) is 6.10 Å². The number of thiophene rings is 1. The smallest absolute Gasteiger partial charge is 0.0575 e. The molecule has 2 unspecified atom stereocenters. The minimum absolute atomic E-state index is 0.516. The molecule has 17 heavy (non-hydrogen) atoms. The van der Waals surface area contributed by atoms with Crippen molar-refractivity contribution in [2.24, 2.45) is 0 Å². The zero-order valence-corrected chi connectivity index (χ0v) is 11.5. The highest BCUT2D eigenvalue weighted by Gasteiger charge is 2.16. The molecule has 1 N–H and O–H groups in total. The van der Waals surface area contributed by atoms with Gasteiger partial charge in [-0.25, -0.2) is 0 Å². The van der Waals surface area contributed by atoms with Crippen LogP contribution < -0.4 is 5.32 Å². The fourth-order valence-electron chi connectivity index (χ4n) is 2.46. The van der Waals surface area contributed by atoms with Gasteiger partial charge in [0.1, 0.15) is 0 Å². The first-order valence-electron chi connectivity index (χ1n) is 6.68. The van der Waals surface area contributed by atoms with Gasteiger partial charge in [-0.1, -0.05) is 0 Å². The molecule has 1 aromatic rings. The maximum Gasteiger partial charge on any atom is 0.0575 e. The second-order valence-electron chi connectivity index (χ2n) is 4.89. The third-order valence-electron chi connectivity index (χ3n) is 3.58. The summed E-state index contributed by atoms with van der Waals surface area (Å²) in [6.07, 6.45) is 7.94. The number of hydrogen-bond acceptors (Lipinski definition) is 3. The topological polar surface area (TPSA) is 21.3 Å². The van der Waals surface area contributed by atoms with Crippen molar-refractivity contribution in [1.29, 1.82) is 0 Å². The molecule has 2 rings (SSSR count). The fourth-order valence-corrected chi connectivity index (χ4v) is 3.15. The molecular formula is C14H23NOS. The summed E-state index contributed by atoms with van der Waals surface area (Å²) < 4.78 is 5.78. The van der Waals surface area contributed by atoms with E-state index in [4.69, 9.17) is 4.74 Å². The van der Waals surface area contributed by atoms with Crippen molar-refractivity contribution in [3.8, 4) is 0 Å². The molecule has 0 spiro atoms. The Morgan fingerprint density at radius 3 is 3.12 bits per heavy atom. The number of nitrogens with one attached hydrogen (secondary N) is 1. The molecule has 96 valence electrons. The molecule has 1 aliphatic heterocycles. The molecule has 0 saturated carbocycles. The van der Waals surface area contributed by atoms with Crippen molar-refractivity contribution in [2.75, 3.05) is 13.7 Å². The Morgan fingerprint density at radius 2 is 2.47 bits per heavy atom. The molecule has 2 atom stereocenters. The number of likely N-dealkylation sites (N-methyl/N-ethyl adjacent to an activating group) is 1. The quantitative estimate of drug-likeness (QED) is 0.840. The van der Waals surface area contributed by atoms with Crippen LogP contribution in [0.3, 0.4) is 0 Å². The monoisotopic (exact) mass is 253 g/mol. The van der Waals surface area contributed by atoms with Gasteiger partial charge in [-0.2, -0.15) is 11.3 Å². The number of hydrogen-bond donors (Lipinski definition) is 1. The lowest BCUT2D eigenvalue weighted by Crippen LogP contribution is -2.30. The molecular weight excluding hydrogens is 230 g/mol. The van der Waals surface area contributed by atoms with Gasteiger partial charge >= 0.3 is 0 Å². The van der Waals surface area contributed by atoms with E-state index >= 15 is 0 Å². The summed E-state index contributed by atoms with van der Waals surface area (Å²) in [5, 5.41) is 7.84. The number of ether oxygens (including phenoxy) is 1. The van der Waals surface area contributed by atoms with Crippen LogP contribution in [0.2, 0.25) is 0 Å². The van der Waals surface area contributed by atoms with E-state index in [9.17, 15) is 0 Å². The van der Waals surface area contributed by atoms with Gasteiger partial charge in [-0.15, -0.1) is 0 Å². The minimum atomic E-state index is 0.516. The summed E-state index contributed by atoms with van der Waals surface area (Å²) in [6, 6.07) is 2.82. The second-order valence-corrected chi connectivity index (χ2v) is 5.67. The van der Waals surface area contributed by atoms with E-state index in [1.165, 1.54) is 37.7 Å². The van der Waals surface area contributed by atoms with E-state index in [2.05, 4.69) is 29.2 Å². The molecule has 1 fully saturated rings. The second kappa shape index (κ2) is 7.14. The fraction of sp³-hybridized carbons (Fsp3) is 0.714. The van der Waals surface area contributed by atoms with Crippen molar-refractivity contribution < 1.29 is 4.74 Å². The summed E-state index contributed by atoms with van der Waals surface area (Å²) in [7, 11) is 2.07. The lowest BCUT2D eigenvalue weighted by molar-refractivity contribution is 0.00870. The Hall–Kier alpha value is -0.380. The first-order chi connectivity index (χ1) is 8.38. The normalized spacial score (nSPS) is 22.5. The van der Waals surface area contributed by atoms with Crippen LogP contribution in [0.1, 0.15) is 37.7 Å². The van der Waals surface area contributed by atoms with Gasteiger partial charge in [0.25, 0.3) is 0 Å². The Morgan fingerprint density at radius 1 is 1.53 bits per heavy atom.